The Balaban J connectivity index is 2.98. The Hall–Kier alpha value is -0.990. The normalized spacial score (nSPS) is 13.8. The molecule has 2 N–H and O–H groups in total. The molecule has 0 saturated heterocycles. The van der Waals surface area contributed by atoms with E-state index in [9.17, 15) is 0 Å². The summed E-state index contributed by atoms with van der Waals surface area (Å²) in [6, 6.07) is 5.73. The van der Waals surface area contributed by atoms with E-state index in [4.69, 9.17) is 22.1 Å². The van der Waals surface area contributed by atoms with Crippen LogP contribution >= 0.6 is 11.6 Å². The van der Waals surface area contributed by atoms with Crippen LogP contribution in [-0.4, -0.2) is 13.2 Å². The minimum Gasteiger partial charge on any atom is -0.495 e. The van der Waals surface area contributed by atoms with Gasteiger partial charge in [-0.25, -0.2) is 0 Å². The number of hydrogen-bond donors (Lipinski definition) is 1. The van der Waals surface area contributed by atoms with Gasteiger partial charge in [0.1, 0.15) is 5.75 Å². The van der Waals surface area contributed by atoms with Gasteiger partial charge < -0.3 is 10.5 Å². The van der Waals surface area contributed by atoms with E-state index in [1.165, 1.54) is 0 Å². The number of methoxy groups -OCH3 is 1. The first-order valence-electron chi connectivity index (χ1n) is 4.82. The minimum absolute atomic E-state index is 0.0610. The highest BCUT2D eigenvalue weighted by atomic mass is 35.5. The largest absolute Gasteiger partial charge is 0.495 e. The Morgan fingerprint density at radius 1 is 1.53 bits per heavy atom. The van der Waals surface area contributed by atoms with Gasteiger partial charge in [0.15, 0.2) is 0 Å². The predicted molar refractivity (Wildman–Crippen MR) is 65.3 cm³/mol. The molecule has 0 aliphatic rings. The predicted octanol–water partition coefficient (Wildman–Crippen LogP) is 3.10. The van der Waals surface area contributed by atoms with E-state index in [0.29, 0.717) is 10.8 Å². The van der Waals surface area contributed by atoms with Gasteiger partial charge in [-0.05, 0) is 31.5 Å². The Labute approximate surface area is 95.7 Å². The van der Waals surface area contributed by atoms with Gasteiger partial charge >= 0.3 is 0 Å². The summed E-state index contributed by atoms with van der Waals surface area (Å²) in [5.41, 5.74) is 7.91. The van der Waals surface area contributed by atoms with E-state index in [-0.39, 0.29) is 6.04 Å². The van der Waals surface area contributed by atoms with Gasteiger partial charge in [-0.15, -0.1) is 0 Å². The lowest BCUT2D eigenvalue weighted by molar-refractivity contribution is 0.415. The molecular formula is C12H16ClNO. The highest BCUT2D eigenvalue weighted by Crippen LogP contribution is 2.25. The zero-order chi connectivity index (χ0) is 11.4. The molecule has 1 aromatic rings. The van der Waals surface area contributed by atoms with Crippen molar-refractivity contribution in [3.05, 3.63) is 34.4 Å². The molecule has 0 aromatic heterocycles. The summed E-state index contributed by atoms with van der Waals surface area (Å²) in [5, 5.41) is 0.615. The molecule has 2 nitrogen and oxygen atoms in total. The van der Waals surface area contributed by atoms with E-state index in [0.717, 1.165) is 11.1 Å². The molecule has 0 bridgehead atoms. The number of hydrogen-bond acceptors (Lipinski definition) is 2. The maximum Gasteiger partial charge on any atom is 0.137 e. The Bertz CT molecular complexity index is 372. The van der Waals surface area contributed by atoms with Crippen molar-refractivity contribution in [3.8, 4) is 5.75 Å². The highest BCUT2D eigenvalue weighted by Gasteiger charge is 2.01. The second-order valence-corrected chi connectivity index (χ2v) is 3.98. The highest BCUT2D eigenvalue weighted by molar-refractivity contribution is 6.32. The molecule has 1 atom stereocenters. The Morgan fingerprint density at radius 2 is 2.20 bits per heavy atom. The van der Waals surface area contributed by atoms with Crippen molar-refractivity contribution in [3.63, 3.8) is 0 Å². The van der Waals surface area contributed by atoms with E-state index < -0.39 is 0 Å². The molecular weight excluding hydrogens is 210 g/mol. The Kier molecular flexibility index (Phi) is 4.18. The smallest absolute Gasteiger partial charge is 0.137 e. The first kappa shape index (κ1) is 12.1. The van der Waals surface area contributed by atoms with Crippen LogP contribution in [0.3, 0.4) is 0 Å². The molecule has 0 saturated carbocycles. The van der Waals surface area contributed by atoms with E-state index in [2.05, 4.69) is 0 Å². The molecule has 3 heteroatoms. The van der Waals surface area contributed by atoms with Crippen molar-refractivity contribution in [2.45, 2.75) is 19.9 Å². The van der Waals surface area contributed by atoms with Crippen LogP contribution in [0.1, 0.15) is 19.4 Å². The lowest BCUT2D eigenvalue weighted by atomic mass is 10.1. The van der Waals surface area contributed by atoms with Crippen LogP contribution in [0, 0.1) is 0 Å². The van der Waals surface area contributed by atoms with E-state index in [1.807, 2.05) is 38.1 Å². The maximum absolute atomic E-state index is 6.01. The summed E-state index contributed by atoms with van der Waals surface area (Å²) in [6.45, 7) is 3.96. The third-order valence-corrected chi connectivity index (χ3v) is 2.58. The average molecular weight is 226 g/mol. The molecule has 0 fully saturated rings. The van der Waals surface area contributed by atoms with Crippen molar-refractivity contribution in [2.24, 2.45) is 5.73 Å². The first-order chi connectivity index (χ1) is 7.04. The zero-order valence-electron chi connectivity index (χ0n) is 9.25. The molecule has 0 aliphatic carbocycles. The number of ether oxygens (including phenoxy) is 1. The fourth-order valence-corrected chi connectivity index (χ4v) is 1.43. The number of nitrogens with two attached hydrogens (primary N) is 1. The molecule has 1 rings (SSSR count). The minimum atomic E-state index is 0.0610. The van der Waals surface area contributed by atoms with Crippen LogP contribution in [0.15, 0.2) is 23.8 Å². The summed E-state index contributed by atoms with van der Waals surface area (Å²) in [4.78, 5) is 0. The van der Waals surface area contributed by atoms with Crippen LogP contribution in [0.5, 0.6) is 5.75 Å². The molecule has 0 spiro atoms. The lowest BCUT2D eigenvalue weighted by Crippen LogP contribution is -2.15. The fraction of sp³-hybridized carbons (Fsp3) is 0.333. The van der Waals surface area contributed by atoms with Crippen LogP contribution in [0.25, 0.3) is 6.08 Å². The average Bonchev–Trinajstić information content (AvgIpc) is 2.18. The number of benzene rings is 1. The lowest BCUT2D eigenvalue weighted by Gasteiger charge is -2.07. The van der Waals surface area contributed by atoms with Crippen LogP contribution in [0.2, 0.25) is 5.02 Å². The molecule has 82 valence electrons. The van der Waals surface area contributed by atoms with Crippen LogP contribution in [0.4, 0.5) is 0 Å². The molecule has 0 radical (unpaired) electrons. The van der Waals surface area contributed by atoms with E-state index in [1.54, 1.807) is 7.11 Å². The fourth-order valence-electron chi connectivity index (χ4n) is 1.17. The summed E-state index contributed by atoms with van der Waals surface area (Å²) in [5.74, 6) is 0.687. The SMILES string of the molecule is COc1ccc(/C=C(/C)C(C)N)cc1Cl. The van der Waals surface area contributed by atoms with Crippen molar-refractivity contribution in [1.29, 1.82) is 0 Å². The first-order valence-corrected chi connectivity index (χ1v) is 5.19. The second-order valence-electron chi connectivity index (χ2n) is 3.57. The van der Waals surface area contributed by atoms with Gasteiger partial charge in [-0.2, -0.15) is 0 Å². The van der Waals surface area contributed by atoms with Gasteiger partial charge in [0.05, 0.1) is 12.1 Å². The second kappa shape index (κ2) is 5.19. The summed E-state index contributed by atoms with van der Waals surface area (Å²) < 4.78 is 5.08. The molecule has 1 aromatic carbocycles. The van der Waals surface area contributed by atoms with Crippen molar-refractivity contribution >= 4 is 17.7 Å². The van der Waals surface area contributed by atoms with Crippen LogP contribution in [-0.2, 0) is 0 Å². The standard InChI is InChI=1S/C12H16ClNO/c1-8(9(2)14)6-10-4-5-12(15-3)11(13)7-10/h4-7,9H,14H2,1-3H3/b8-6-. The third-order valence-electron chi connectivity index (χ3n) is 2.29. The maximum atomic E-state index is 6.01. The van der Waals surface area contributed by atoms with Gasteiger partial charge in [0.25, 0.3) is 0 Å². The van der Waals surface area contributed by atoms with Crippen molar-refractivity contribution in [1.82, 2.24) is 0 Å². The third kappa shape index (κ3) is 3.26. The van der Waals surface area contributed by atoms with Crippen LogP contribution < -0.4 is 10.5 Å². The quantitative estimate of drug-likeness (QED) is 0.858. The summed E-state index contributed by atoms with van der Waals surface area (Å²) in [7, 11) is 1.60. The van der Waals surface area contributed by atoms with Gasteiger partial charge in [-0.3, -0.25) is 0 Å². The molecule has 15 heavy (non-hydrogen) atoms. The number of halogens is 1. The molecule has 0 aliphatic heterocycles. The van der Waals surface area contributed by atoms with Crippen molar-refractivity contribution < 1.29 is 4.74 Å². The van der Waals surface area contributed by atoms with Crippen molar-refractivity contribution in [2.75, 3.05) is 7.11 Å². The van der Waals surface area contributed by atoms with E-state index >= 15 is 0 Å². The van der Waals surface area contributed by atoms with Gasteiger partial charge in [0, 0.05) is 6.04 Å². The van der Waals surface area contributed by atoms with Gasteiger partial charge in [-0.1, -0.05) is 29.3 Å². The zero-order valence-corrected chi connectivity index (χ0v) is 10.0. The monoisotopic (exact) mass is 225 g/mol. The summed E-state index contributed by atoms with van der Waals surface area (Å²) >= 11 is 6.01. The molecule has 0 amide bonds. The Morgan fingerprint density at radius 3 is 2.67 bits per heavy atom. The number of rotatable bonds is 3. The van der Waals surface area contributed by atoms with Gasteiger partial charge in [0.2, 0.25) is 0 Å². The molecule has 1 unspecified atom stereocenters. The topological polar surface area (TPSA) is 35.2 Å². The summed E-state index contributed by atoms with van der Waals surface area (Å²) in [6.07, 6.45) is 2.02. The molecule has 0 heterocycles.